The molecule has 1 unspecified atom stereocenters. The van der Waals surface area contributed by atoms with Gasteiger partial charge in [-0.3, -0.25) is 19.3 Å². The van der Waals surface area contributed by atoms with Gasteiger partial charge in [-0.05, 0) is 55.8 Å². The first-order valence-electron chi connectivity index (χ1n) is 10.0. The number of hydrogen-bond donors (Lipinski definition) is 2. The lowest BCUT2D eigenvalue weighted by molar-refractivity contribution is -0.121. The van der Waals surface area contributed by atoms with Gasteiger partial charge in [0.2, 0.25) is 5.91 Å². The van der Waals surface area contributed by atoms with E-state index in [-0.39, 0.29) is 24.3 Å². The van der Waals surface area contributed by atoms with Crippen LogP contribution in [0.1, 0.15) is 46.4 Å². The van der Waals surface area contributed by atoms with Crippen LogP contribution in [0.2, 0.25) is 0 Å². The number of rotatable bonds is 6. The molecule has 1 atom stereocenters. The number of nitrogens with one attached hydrogen (secondary N) is 2. The van der Waals surface area contributed by atoms with Crippen molar-refractivity contribution in [1.29, 1.82) is 0 Å². The Bertz CT molecular complexity index is 868. The lowest BCUT2D eigenvalue weighted by Gasteiger charge is -2.27. The van der Waals surface area contributed by atoms with Gasteiger partial charge in [0.15, 0.2) is 0 Å². The third-order valence-corrected chi connectivity index (χ3v) is 5.63. The first kappa shape index (κ1) is 18.6. The zero-order valence-electron chi connectivity index (χ0n) is 15.9. The molecule has 2 aliphatic heterocycles. The Balaban J connectivity index is 1.35. The quantitative estimate of drug-likeness (QED) is 0.755. The molecule has 0 bridgehead atoms. The summed E-state index contributed by atoms with van der Waals surface area (Å²) in [5, 5.41) is 7.94. The molecule has 0 saturated carbocycles. The third kappa shape index (κ3) is 3.64. The van der Waals surface area contributed by atoms with Crippen LogP contribution in [-0.4, -0.2) is 48.8 Å². The maximum atomic E-state index is 12.8. The van der Waals surface area contributed by atoms with Gasteiger partial charge in [-0.25, -0.2) is 0 Å². The Morgan fingerprint density at radius 3 is 2.46 bits per heavy atom. The van der Waals surface area contributed by atoms with Gasteiger partial charge in [-0.2, -0.15) is 0 Å². The molecule has 0 radical (unpaired) electrons. The van der Waals surface area contributed by atoms with Crippen LogP contribution in [0.15, 0.2) is 36.4 Å². The second-order valence-electron chi connectivity index (χ2n) is 7.59. The lowest BCUT2D eigenvalue weighted by Crippen LogP contribution is -2.41. The molecule has 146 valence electrons. The van der Waals surface area contributed by atoms with Crippen LogP contribution in [-0.2, 0) is 4.79 Å². The molecular weight excluding hydrogens is 354 g/mol. The van der Waals surface area contributed by atoms with Gasteiger partial charge in [0.25, 0.3) is 11.8 Å². The van der Waals surface area contributed by atoms with Gasteiger partial charge in [0.05, 0.1) is 0 Å². The minimum absolute atomic E-state index is 0.0232. The predicted octanol–water partition coefficient (Wildman–Crippen LogP) is 2.33. The van der Waals surface area contributed by atoms with Crippen molar-refractivity contribution in [2.45, 2.75) is 25.7 Å². The number of carbonyl (C=O) groups is 3. The summed E-state index contributed by atoms with van der Waals surface area (Å²) in [5.74, 6) is -0.0871. The van der Waals surface area contributed by atoms with E-state index in [0.717, 1.165) is 36.7 Å². The minimum Gasteiger partial charge on any atom is -0.356 e. The molecule has 28 heavy (non-hydrogen) atoms. The normalized spacial score (nSPS) is 19.1. The van der Waals surface area contributed by atoms with Crippen LogP contribution < -0.4 is 10.6 Å². The molecule has 3 amide bonds. The zero-order chi connectivity index (χ0) is 19.5. The highest BCUT2D eigenvalue weighted by atomic mass is 16.2. The van der Waals surface area contributed by atoms with Crippen LogP contribution in [0, 0.1) is 5.92 Å². The highest BCUT2D eigenvalue weighted by molar-refractivity contribution is 6.25. The summed E-state index contributed by atoms with van der Waals surface area (Å²) >= 11 is 0. The van der Waals surface area contributed by atoms with Crippen molar-refractivity contribution < 1.29 is 14.4 Å². The molecule has 6 heteroatoms. The summed E-state index contributed by atoms with van der Waals surface area (Å²) in [7, 11) is 0. The van der Waals surface area contributed by atoms with Crippen LogP contribution >= 0.6 is 0 Å². The van der Waals surface area contributed by atoms with E-state index < -0.39 is 0 Å². The molecule has 2 N–H and O–H groups in total. The predicted molar refractivity (Wildman–Crippen MR) is 107 cm³/mol. The number of carbonyl (C=O) groups excluding carboxylic acids is 3. The van der Waals surface area contributed by atoms with E-state index in [0.29, 0.717) is 36.4 Å². The van der Waals surface area contributed by atoms with E-state index in [1.807, 2.05) is 24.3 Å². The number of hydrogen-bond acceptors (Lipinski definition) is 4. The van der Waals surface area contributed by atoms with Gasteiger partial charge in [-0.15, -0.1) is 0 Å². The van der Waals surface area contributed by atoms with Gasteiger partial charge in [0.1, 0.15) is 0 Å². The molecule has 2 aromatic rings. The van der Waals surface area contributed by atoms with E-state index in [2.05, 4.69) is 10.6 Å². The molecule has 4 rings (SSSR count). The van der Waals surface area contributed by atoms with E-state index in [4.69, 9.17) is 0 Å². The Kier molecular flexibility index (Phi) is 5.39. The van der Waals surface area contributed by atoms with Gasteiger partial charge >= 0.3 is 0 Å². The van der Waals surface area contributed by atoms with Crippen LogP contribution in [0.5, 0.6) is 0 Å². The third-order valence-electron chi connectivity index (χ3n) is 5.63. The average molecular weight is 379 g/mol. The molecule has 1 saturated heterocycles. The van der Waals surface area contributed by atoms with Crippen molar-refractivity contribution in [2.75, 3.05) is 26.2 Å². The average Bonchev–Trinajstić information content (AvgIpc) is 2.73. The summed E-state index contributed by atoms with van der Waals surface area (Å²) in [5.41, 5.74) is 1.11. The molecule has 2 aliphatic rings. The van der Waals surface area contributed by atoms with E-state index in [1.165, 1.54) is 4.90 Å². The fourth-order valence-corrected chi connectivity index (χ4v) is 4.13. The Morgan fingerprint density at radius 2 is 1.82 bits per heavy atom. The fraction of sp³-hybridized carbons (Fsp3) is 0.409. The van der Waals surface area contributed by atoms with Crippen molar-refractivity contribution in [3.63, 3.8) is 0 Å². The summed E-state index contributed by atoms with van der Waals surface area (Å²) in [6.45, 7) is 2.94. The topological polar surface area (TPSA) is 78.5 Å². The number of amides is 3. The van der Waals surface area contributed by atoms with Crippen molar-refractivity contribution in [3.8, 4) is 0 Å². The molecule has 1 fully saturated rings. The zero-order valence-corrected chi connectivity index (χ0v) is 15.9. The van der Waals surface area contributed by atoms with E-state index >= 15 is 0 Å². The first-order valence-corrected chi connectivity index (χ1v) is 10.0. The first-order chi connectivity index (χ1) is 13.6. The Labute approximate surface area is 164 Å². The molecule has 2 aromatic carbocycles. The molecule has 6 nitrogen and oxygen atoms in total. The molecule has 0 aliphatic carbocycles. The van der Waals surface area contributed by atoms with Crippen molar-refractivity contribution in [3.05, 3.63) is 47.5 Å². The summed E-state index contributed by atoms with van der Waals surface area (Å²) in [6.07, 6.45) is 3.05. The number of imide groups is 1. The maximum Gasteiger partial charge on any atom is 0.261 e. The second-order valence-corrected chi connectivity index (χ2v) is 7.59. The van der Waals surface area contributed by atoms with Gasteiger partial charge in [0, 0.05) is 36.0 Å². The minimum atomic E-state index is -0.275. The lowest BCUT2D eigenvalue weighted by atomic mass is 9.94. The van der Waals surface area contributed by atoms with E-state index in [9.17, 15) is 14.4 Å². The monoisotopic (exact) mass is 379 g/mol. The number of piperidine rings is 1. The number of nitrogens with zero attached hydrogens (tertiary/aromatic N) is 1. The number of benzene rings is 2. The second kappa shape index (κ2) is 8.10. The molecular formula is C22H25N3O3. The molecule has 0 aromatic heterocycles. The maximum absolute atomic E-state index is 12.8. The Morgan fingerprint density at radius 1 is 1.11 bits per heavy atom. The van der Waals surface area contributed by atoms with E-state index in [1.54, 1.807) is 12.1 Å². The van der Waals surface area contributed by atoms with Crippen LogP contribution in [0.3, 0.4) is 0 Å². The van der Waals surface area contributed by atoms with Crippen molar-refractivity contribution in [1.82, 2.24) is 15.5 Å². The van der Waals surface area contributed by atoms with Gasteiger partial charge in [-0.1, -0.05) is 24.3 Å². The van der Waals surface area contributed by atoms with Crippen molar-refractivity contribution >= 4 is 28.5 Å². The smallest absolute Gasteiger partial charge is 0.261 e. The van der Waals surface area contributed by atoms with Crippen LogP contribution in [0.25, 0.3) is 10.8 Å². The Hall–Kier alpha value is -2.73. The summed E-state index contributed by atoms with van der Waals surface area (Å²) < 4.78 is 0. The largest absolute Gasteiger partial charge is 0.356 e. The molecule has 0 spiro atoms. The molecule has 2 heterocycles. The SMILES string of the molecule is O=C(CCCN1C(=O)c2cccc3cccc(c23)C1=O)NCC1CCCNC1. The highest BCUT2D eigenvalue weighted by Gasteiger charge is 2.32. The summed E-state index contributed by atoms with van der Waals surface area (Å²) in [6, 6.07) is 11.0. The highest BCUT2D eigenvalue weighted by Crippen LogP contribution is 2.30. The summed E-state index contributed by atoms with van der Waals surface area (Å²) in [4.78, 5) is 39.0. The standard InChI is InChI=1S/C22H25N3O3/c26-19(24-14-15-5-3-11-23-13-15)10-4-12-25-21(27)17-8-1-6-16-7-2-9-18(20(16)17)22(25)28/h1-2,6-9,15,23H,3-5,10-14H2,(H,24,26). The fourth-order valence-electron chi connectivity index (χ4n) is 4.13. The van der Waals surface area contributed by atoms with Crippen LogP contribution in [0.4, 0.5) is 0 Å². The van der Waals surface area contributed by atoms with Crippen molar-refractivity contribution in [2.24, 2.45) is 5.92 Å². The van der Waals surface area contributed by atoms with Gasteiger partial charge < -0.3 is 10.6 Å².